The van der Waals surface area contributed by atoms with Crippen LogP contribution in [-0.4, -0.2) is 53.8 Å². The number of thiazole rings is 1. The zero-order valence-corrected chi connectivity index (χ0v) is 16.8. The fourth-order valence-corrected chi connectivity index (χ4v) is 3.64. The average Bonchev–Trinajstić information content (AvgIpc) is 3.18. The van der Waals surface area contributed by atoms with E-state index < -0.39 is 0 Å². The Morgan fingerprint density at radius 3 is 2.71 bits per heavy atom. The highest BCUT2D eigenvalue weighted by molar-refractivity contribution is 7.16. The molecule has 6 nitrogen and oxygen atoms in total. The first kappa shape index (κ1) is 20.0. The first-order valence-corrected chi connectivity index (χ1v) is 10.0. The lowest BCUT2D eigenvalue weighted by Gasteiger charge is -2.31. The van der Waals surface area contributed by atoms with Crippen LogP contribution in [0.15, 0.2) is 58.4 Å². The first-order valence-electron chi connectivity index (χ1n) is 9.22. The molecule has 0 atom stereocenters. The summed E-state index contributed by atoms with van der Waals surface area (Å²) in [5.74, 6) is 1.42. The summed E-state index contributed by atoms with van der Waals surface area (Å²) in [6.07, 6.45) is 9.08. The van der Waals surface area contributed by atoms with Gasteiger partial charge in [0.15, 0.2) is 5.13 Å². The molecule has 28 heavy (non-hydrogen) atoms. The van der Waals surface area contributed by atoms with E-state index in [2.05, 4.69) is 50.1 Å². The van der Waals surface area contributed by atoms with Crippen molar-refractivity contribution >= 4 is 41.2 Å². The number of aromatic nitrogens is 1. The molecule has 1 aliphatic rings. The van der Waals surface area contributed by atoms with Gasteiger partial charge in [0.05, 0.1) is 6.10 Å². The Labute approximate surface area is 169 Å². The van der Waals surface area contributed by atoms with Gasteiger partial charge in [-0.1, -0.05) is 47.7 Å². The number of hydrogen-bond donors (Lipinski definition) is 2. The van der Waals surface area contributed by atoms with Crippen LogP contribution in [0.3, 0.4) is 0 Å². The zero-order chi connectivity index (χ0) is 19.8. The van der Waals surface area contributed by atoms with Gasteiger partial charge in [-0.3, -0.25) is 4.99 Å². The molecule has 2 aromatic rings. The summed E-state index contributed by atoms with van der Waals surface area (Å²) in [6, 6.07) is 10.2. The summed E-state index contributed by atoms with van der Waals surface area (Å²) in [4.78, 5) is 16.0. The maximum absolute atomic E-state index is 9.69. The van der Waals surface area contributed by atoms with E-state index in [1.54, 1.807) is 18.4 Å². The molecule has 0 unspecified atom stereocenters. The van der Waals surface area contributed by atoms with Crippen LogP contribution in [0.5, 0.6) is 0 Å². The lowest BCUT2D eigenvalue weighted by Crippen LogP contribution is -2.39. The second kappa shape index (κ2) is 9.96. The van der Waals surface area contributed by atoms with Crippen molar-refractivity contribution in [3.8, 4) is 0 Å². The minimum absolute atomic E-state index is 0.217. The highest BCUT2D eigenvalue weighted by atomic mass is 32.1. The van der Waals surface area contributed by atoms with Crippen molar-refractivity contribution < 1.29 is 5.11 Å². The van der Waals surface area contributed by atoms with Crippen molar-refractivity contribution in [3.05, 3.63) is 58.9 Å². The van der Waals surface area contributed by atoms with E-state index in [-0.39, 0.29) is 6.10 Å². The van der Waals surface area contributed by atoms with Crippen LogP contribution in [0.4, 0.5) is 5.13 Å². The lowest BCUT2D eigenvalue weighted by molar-refractivity contribution is 0.109. The van der Waals surface area contributed by atoms with Crippen LogP contribution in [0, 0.1) is 0 Å². The number of rotatable bonds is 6. The van der Waals surface area contributed by atoms with Crippen LogP contribution in [-0.2, 0) is 0 Å². The molecule has 3 rings (SSSR count). The fraction of sp³-hybridized carbons (Fsp3) is 0.286. The molecule has 1 aromatic heterocycles. The molecule has 1 aromatic carbocycles. The van der Waals surface area contributed by atoms with E-state index >= 15 is 0 Å². The largest absolute Gasteiger partial charge is 0.393 e. The van der Waals surface area contributed by atoms with Crippen molar-refractivity contribution in [2.24, 2.45) is 9.98 Å². The van der Waals surface area contributed by atoms with Crippen molar-refractivity contribution in [3.63, 3.8) is 0 Å². The summed E-state index contributed by atoms with van der Waals surface area (Å²) >= 11 is 1.54. The van der Waals surface area contributed by atoms with Gasteiger partial charge in [-0.25, -0.2) is 9.98 Å². The molecular weight excluding hydrogens is 370 g/mol. The standard InChI is InChI=1S/C21H25N5OS/c1-22-19(14-20(23-2)26-12-10-17(27)11-13-26)25-21-24-15-18(28-21)9-8-16-6-4-3-5-7-16/h3-9,14-15,17,27H,1,10-13H2,2H3,(H,24,25)/b9-8-,19-14+,23-20?. The number of aliphatic hydroxyl groups excluding tert-OH is 1. The number of aliphatic hydroxyl groups is 1. The molecule has 0 bridgehead atoms. The number of benzene rings is 1. The smallest absolute Gasteiger partial charge is 0.188 e. The number of nitrogens with zero attached hydrogens (tertiary/aromatic N) is 4. The van der Waals surface area contributed by atoms with Gasteiger partial charge in [0.25, 0.3) is 0 Å². The monoisotopic (exact) mass is 395 g/mol. The van der Waals surface area contributed by atoms with Crippen molar-refractivity contribution in [2.45, 2.75) is 18.9 Å². The zero-order valence-electron chi connectivity index (χ0n) is 16.0. The van der Waals surface area contributed by atoms with E-state index in [0.717, 1.165) is 47.3 Å². The summed E-state index contributed by atoms with van der Waals surface area (Å²) in [5.41, 5.74) is 1.15. The van der Waals surface area contributed by atoms with Crippen LogP contribution < -0.4 is 5.32 Å². The maximum Gasteiger partial charge on any atom is 0.188 e. The van der Waals surface area contributed by atoms with Gasteiger partial charge >= 0.3 is 0 Å². The number of amidine groups is 1. The Hall–Kier alpha value is -2.77. The summed E-state index contributed by atoms with van der Waals surface area (Å²) in [6.45, 7) is 5.21. The topological polar surface area (TPSA) is 73.1 Å². The third-order valence-corrected chi connectivity index (χ3v) is 5.33. The number of likely N-dealkylation sites (tertiary alicyclic amines) is 1. The van der Waals surface area contributed by atoms with Crippen LogP contribution in [0.1, 0.15) is 23.3 Å². The number of hydrogen-bond acceptors (Lipinski definition) is 6. The number of piperidine rings is 1. The molecule has 0 radical (unpaired) electrons. The Bertz CT molecular complexity index is 864. The normalized spacial score (nSPS) is 16.6. The van der Waals surface area contributed by atoms with Crippen LogP contribution in [0.2, 0.25) is 0 Å². The molecule has 1 fully saturated rings. The molecule has 0 saturated carbocycles. The third kappa shape index (κ3) is 5.61. The van der Waals surface area contributed by atoms with E-state index in [4.69, 9.17) is 0 Å². The first-order chi connectivity index (χ1) is 13.7. The van der Waals surface area contributed by atoms with Gasteiger partial charge in [-0.05, 0) is 31.2 Å². The number of anilines is 1. The quantitative estimate of drug-likeness (QED) is 0.577. The second-order valence-electron chi connectivity index (χ2n) is 6.42. The van der Waals surface area contributed by atoms with E-state index in [1.165, 1.54) is 0 Å². The molecule has 7 heteroatoms. The number of aliphatic imine (C=N–C) groups is 2. The van der Waals surface area contributed by atoms with Gasteiger partial charge in [0, 0.05) is 37.3 Å². The Kier molecular flexibility index (Phi) is 7.11. The highest BCUT2D eigenvalue weighted by Crippen LogP contribution is 2.22. The molecule has 1 aliphatic heterocycles. The van der Waals surface area contributed by atoms with Crippen LogP contribution >= 0.6 is 11.3 Å². The van der Waals surface area contributed by atoms with Gasteiger partial charge in [-0.15, -0.1) is 0 Å². The summed E-state index contributed by atoms with van der Waals surface area (Å²) in [5, 5.41) is 13.6. The molecule has 0 amide bonds. The molecule has 1 saturated heterocycles. The van der Waals surface area contributed by atoms with E-state index in [9.17, 15) is 5.11 Å². The van der Waals surface area contributed by atoms with Crippen LogP contribution in [0.25, 0.3) is 12.2 Å². The SMILES string of the molecule is C=N/C(=C\C(=NC)N1CCC(O)CC1)Nc1ncc(/C=C\c2ccccc2)s1. The molecule has 0 aliphatic carbocycles. The fourth-order valence-electron chi connectivity index (χ4n) is 2.91. The van der Waals surface area contributed by atoms with Crippen molar-refractivity contribution in [2.75, 3.05) is 25.5 Å². The Morgan fingerprint density at radius 1 is 1.29 bits per heavy atom. The summed E-state index contributed by atoms with van der Waals surface area (Å²) in [7, 11) is 1.76. The molecule has 2 N–H and O–H groups in total. The van der Waals surface area contributed by atoms with E-state index in [1.807, 2.05) is 36.5 Å². The third-order valence-electron chi connectivity index (χ3n) is 4.45. The highest BCUT2D eigenvalue weighted by Gasteiger charge is 2.19. The minimum atomic E-state index is -0.217. The molecule has 0 spiro atoms. The summed E-state index contributed by atoms with van der Waals surface area (Å²) < 4.78 is 0. The minimum Gasteiger partial charge on any atom is -0.393 e. The Morgan fingerprint density at radius 2 is 2.04 bits per heavy atom. The van der Waals surface area contributed by atoms with Gasteiger partial charge in [0.1, 0.15) is 11.7 Å². The molecule has 146 valence electrons. The Balaban J connectivity index is 1.65. The van der Waals surface area contributed by atoms with Crippen molar-refractivity contribution in [1.29, 1.82) is 0 Å². The van der Waals surface area contributed by atoms with E-state index in [0.29, 0.717) is 5.82 Å². The maximum atomic E-state index is 9.69. The van der Waals surface area contributed by atoms with Gasteiger partial charge in [0.2, 0.25) is 0 Å². The predicted octanol–water partition coefficient (Wildman–Crippen LogP) is 3.75. The second-order valence-corrected chi connectivity index (χ2v) is 7.49. The lowest BCUT2D eigenvalue weighted by atomic mass is 10.1. The van der Waals surface area contributed by atoms with Crippen molar-refractivity contribution in [1.82, 2.24) is 9.88 Å². The average molecular weight is 396 g/mol. The van der Waals surface area contributed by atoms with Gasteiger partial charge in [-0.2, -0.15) is 0 Å². The van der Waals surface area contributed by atoms with Gasteiger partial charge < -0.3 is 15.3 Å². The number of nitrogens with one attached hydrogen (secondary N) is 1. The molecule has 2 heterocycles. The molecular formula is C21H25N5OS. The predicted molar refractivity (Wildman–Crippen MR) is 119 cm³/mol.